The number of ether oxygens (including phenoxy) is 1. The maximum atomic E-state index is 12.6. The summed E-state index contributed by atoms with van der Waals surface area (Å²) in [6.45, 7) is 2.98. The molecule has 396 valence electrons. The summed E-state index contributed by atoms with van der Waals surface area (Å²) in [5.74, 6) is -3.82. The van der Waals surface area contributed by atoms with E-state index in [0.29, 0.717) is 11.6 Å². The van der Waals surface area contributed by atoms with Crippen LogP contribution < -0.4 is 4.74 Å². The lowest BCUT2D eigenvalue weighted by Gasteiger charge is -2.11. The number of hydrogen-bond donors (Lipinski definition) is 8. The molecule has 0 aliphatic heterocycles. The van der Waals surface area contributed by atoms with Crippen molar-refractivity contribution in [3.8, 4) is 28.8 Å². The summed E-state index contributed by atoms with van der Waals surface area (Å²) in [6.07, 6.45) is 0. The highest BCUT2D eigenvalue weighted by molar-refractivity contribution is 7.86. The SMILES string of the molecule is COc1cc(/N=N/c2ccc(S(=O)(=O)O)cc2C(=O)O)c(C)cc1/N=N/c1c(S(=O)(=O)O)cc2ccc(/N=N/c3c(C)nn(-c4ccc5c(O)c(/N=N/c6ccccc6S(=O)(=O)O)c(S(=O)(=O)O)cc5c4)c3O)cc2c1O. The number of azo groups is 4. The second-order valence-corrected chi connectivity index (χ2v) is 21.7. The summed E-state index contributed by atoms with van der Waals surface area (Å²) < 4.78 is 143. The second-order valence-electron chi connectivity index (χ2n) is 16.1. The number of phenols is 2. The third-order valence-electron chi connectivity index (χ3n) is 11.1. The molecule has 0 aliphatic carbocycles. The summed E-state index contributed by atoms with van der Waals surface area (Å²) in [6, 6.07) is 19.8. The van der Waals surface area contributed by atoms with E-state index in [1.54, 1.807) is 0 Å². The molecule has 0 spiro atoms. The first-order valence-corrected chi connectivity index (χ1v) is 26.9. The molecule has 1 aromatic heterocycles. The number of aromatic nitrogens is 2. The molecule has 8 N–H and O–H groups in total. The van der Waals surface area contributed by atoms with Gasteiger partial charge in [-0.1, -0.05) is 18.2 Å². The van der Waals surface area contributed by atoms with E-state index in [9.17, 15) is 77.1 Å². The van der Waals surface area contributed by atoms with Crippen LogP contribution in [0, 0.1) is 13.8 Å². The molecule has 0 aliphatic rings. The Kier molecular flexibility index (Phi) is 14.3. The third kappa shape index (κ3) is 11.2. The van der Waals surface area contributed by atoms with Gasteiger partial charge in [0.05, 0.1) is 40.3 Å². The Balaban J connectivity index is 1.10. The van der Waals surface area contributed by atoms with Gasteiger partial charge in [-0.3, -0.25) is 18.2 Å². The topological polar surface area (TPSA) is 441 Å². The number of aromatic hydroxyl groups is 3. The molecule has 77 heavy (non-hydrogen) atoms. The van der Waals surface area contributed by atoms with Gasteiger partial charge in [-0.25, -0.2) is 4.79 Å². The number of rotatable bonds is 15. The quantitative estimate of drug-likeness (QED) is 0.0349. The van der Waals surface area contributed by atoms with E-state index in [4.69, 9.17) is 4.74 Å². The van der Waals surface area contributed by atoms with Gasteiger partial charge in [0, 0.05) is 16.8 Å². The zero-order valence-corrected chi connectivity index (χ0v) is 42.3. The van der Waals surface area contributed by atoms with Crippen LogP contribution in [0.1, 0.15) is 21.6 Å². The molecule has 0 saturated carbocycles. The molecule has 0 amide bonds. The number of hydrogen-bond acceptors (Lipinski definition) is 22. The van der Waals surface area contributed by atoms with Crippen molar-refractivity contribution in [2.45, 2.75) is 33.4 Å². The fourth-order valence-electron chi connectivity index (χ4n) is 7.38. The Labute approximate surface area is 433 Å². The Hall–Kier alpha value is -9.02. The van der Waals surface area contributed by atoms with Gasteiger partial charge < -0.3 is 25.2 Å². The van der Waals surface area contributed by atoms with Crippen LogP contribution in [0.25, 0.3) is 27.2 Å². The minimum absolute atomic E-state index is 0.0158. The first kappa shape index (κ1) is 54.2. The average Bonchev–Trinajstić information content (AvgIpc) is 3.66. The summed E-state index contributed by atoms with van der Waals surface area (Å²) in [5.41, 5.74) is -2.46. The minimum atomic E-state index is -5.16. The largest absolute Gasteiger partial charge is 0.505 e. The molecule has 1 heterocycles. The first-order valence-electron chi connectivity index (χ1n) is 21.2. The normalized spacial score (nSPS) is 12.8. The zero-order valence-electron chi connectivity index (χ0n) is 39.1. The van der Waals surface area contributed by atoms with Gasteiger partial charge in [-0.2, -0.15) is 53.7 Å². The number of aromatic carboxylic acids is 1. The van der Waals surface area contributed by atoms with E-state index >= 15 is 0 Å². The van der Waals surface area contributed by atoms with Crippen LogP contribution >= 0.6 is 0 Å². The molecule has 32 heteroatoms. The van der Waals surface area contributed by atoms with Crippen LogP contribution in [0.15, 0.2) is 164 Å². The predicted octanol–water partition coefficient (Wildman–Crippen LogP) is 10.3. The first-order chi connectivity index (χ1) is 36.0. The van der Waals surface area contributed by atoms with Gasteiger partial charge in [0.1, 0.15) is 48.9 Å². The van der Waals surface area contributed by atoms with Gasteiger partial charge in [-0.15, -0.1) is 30.7 Å². The fourth-order valence-corrected chi connectivity index (χ4v) is 9.83. The number of carboxylic acids is 1. The number of carboxylic acid groups (broad SMARTS) is 1. The molecule has 0 fully saturated rings. The molecule has 8 aromatic rings. The number of methoxy groups -OCH3 is 1. The van der Waals surface area contributed by atoms with Crippen molar-refractivity contribution in [3.05, 3.63) is 120 Å². The summed E-state index contributed by atoms with van der Waals surface area (Å²) in [7, 11) is -18.6. The summed E-state index contributed by atoms with van der Waals surface area (Å²) >= 11 is 0. The Morgan fingerprint density at radius 1 is 0.532 bits per heavy atom. The highest BCUT2D eigenvalue weighted by Gasteiger charge is 2.26. The van der Waals surface area contributed by atoms with Crippen molar-refractivity contribution in [1.29, 1.82) is 0 Å². The molecule has 0 unspecified atom stereocenters. The Morgan fingerprint density at radius 2 is 1.12 bits per heavy atom. The number of carbonyl (C=O) groups is 1. The lowest BCUT2D eigenvalue weighted by Crippen LogP contribution is -2.02. The third-order valence-corrected chi connectivity index (χ3v) is 14.5. The van der Waals surface area contributed by atoms with E-state index < -0.39 is 106 Å². The van der Waals surface area contributed by atoms with E-state index in [-0.39, 0.29) is 67.1 Å². The number of fused-ring (bicyclic) bond motifs is 2. The minimum Gasteiger partial charge on any atom is -0.505 e. The van der Waals surface area contributed by atoms with E-state index in [1.165, 1.54) is 81.6 Å². The van der Waals surface area contributed by atoms with E-state index in [2.05, 4.69) is 46.0 Å². The van der Waals surface area contributed by atoms with Crippen molar-refractivity contribution < 1.29 is 81.8 Å². The monoisotopic (exact) mass is 1130 g/mol. The molecular weight excluding hydrogens is 1100 g/mol. The molecule has 0 bridgehead atoms. The van der Waals surface area contributed by atoms with Gasteiger partial charge >= 0.3 is 5.97 Å². The standard InChI is InChI=1S/C45H34N10O18S4/c1-21-14-34(35(73-3)20-33(21)49-47-31-13-11-27(74(61,62)63)19-30(31)45(59)60)50-53-41-37(76(67,68)69)16-23-8-9-25(18-29(23)43(41)57)46-51-39-22(2)54-55(44(39)58)26-10-12-28-24(15-26)17-38(77(70,71)72)40(42(28)56)52-48-32-6-4-5-7-36(32)75(64,65)66/h4-20,56-58H,1-3H3,(H,59,60)(H,61,62,63)(H,64,65,66)(H,67,68,69)(H,70,71,72)/b49-47+,51-46+,52-48+,53-50+. The molecule has 28 nitrogen and oxygen atoms in total. The van der Waals surface area contributed by atoms with Crippen molar-refractivity contribution in [2.75, 3.05) is 7.11 Å². The van der Waals surface area contributed by atoms with Crippen molar-refractivity contribution in [2.24, 2.45) is 40.9 Å². The molecule has 0 radical (unpaired) electrons. The van der Waals surface area contributed by atoms with Crippen LogP contribution in [0.3, 0.4) is 0 Å². The van der Waals surface area contributed by atoms with Crippen LogP contribution in [0.2, 0.25) is 0 Å². The van der Waals surface area contributed by atoms with Crippen LogP contribution in [0.5, 0.6) is 23.1 Å². The summed E-state index contributed by atoms with van der Waals surface area (Å²) in [5, 5.41) is 79.5. The molecule has 7 aromatic carbocycles. The highest BCUT2D eigenvalue weighted by Crippen LogP contribution is 2.46. The lowest BCUT2D eigenvalue weighted by molar-refractivity contribution is 0.0697. The Bertz CT molecular complexity index is 4430. The average molecular weight is 1130 g/mol. The maximum Gasteiger partial charge on any atom is 0.338 e. The van der Waals surface area contributed by atoms with Crippen molar-refractivity contribution in [3.63, 3.8) is 0 Å². The van der Waals surface area contributed by atoms with Crippen LogP contribution in [0.4, 0.5) is 45.5 Å². The smallest absolute Gasteiger partial charge is 0.338 e. The van der Waals surface area contributed by atoms with Gasteiger partial charge in [-0.05, 0) is 109 Å². The van der Waals surface area contributed by atoms with Crippen LogP contribution in [-0.2, 0) is 40.5 Å². The van der Waals surface area contributed by atoms with Crippen LogP contribution in [-0.4, -0.2) is 95.2 Å². The second kappa shape index (κ2) is 20.3. The molecular formula is C45H34N10O18S4. The zero-order chi connectivity index (χ0) is 56.1. The number of nitrogens with zero attached hydrogens (tertiary/aromatic N) is 10. The van der Waals surface area contributed by atoms with E-state index in [1.807, 2.05) is 0 Å². The Morgan fingerprint density at radius 3 is 1.74 bits per heavy atom. The molecule has 8 rings (SSSR count). The highest BCUT2D eigenvalue weighted by atomic mass is 32.2. The number of aryl methyl sites for hydroxylation is 2. The van der Waals surface area contributed by atoms with Crippen molar-refractivity contribution >= 4 is 113 Å². The number of benzene rings is 7. The van der Waals surface area contributed by atoms with Gasteiger partial charge in [0.25, 0.3) is 40.5 Å². The fraction of sp³-hybridized carbons (Fsp3) is 0.0667. The van der Waals surface area contributed by atoms with Gasteiger partial charge in [0.15, 0.2) is 17.2 Å². The molecule has 0 atom stereocenters. The maximum absolute atomic E-state index is 12.6. The predicted molar refractivity (Wildman–Crippen MR) is 268 cm³/mol. The van der Waals surface area contributed by atoms with Crippen molar-refractivity contribution in [1.82, 2.24) is 9.78 Å². The summed E-state index contributed by atoms with van der Waals surface area (Å²) in [4.78, 5) is 8.66. The lowest BCUT2D eigenvalue weighted by atomic mass is 10.1. The van der Waals surface area contributed by atoms with E-state index in [0.717, 1.165) is 41.1 Å². The van der Waals surface area contributed by atoms with Gasteiger partial charge in [0.2, 0.25) is 5.88 Å². The number of phenolic OH excluding ortho intramolecular Hbond substituents is 2. The molecule has 0 saturated heterocycles.